The van der Waals surface area contributed by atoms with Crippen molar-refractivity contribution in [2.24, 2.45) is 0 Å². The van der Waals surface area contributed by atoms with E-state index in [0.717, 1.165) is 42.8 Å². The predicted molar refractivity (Wildman–Crippen MR) is 115 cm³/mol. The molecule has 2 aromatic heterocycles. The molecule has 134 valence electrons. The molecule has 0 amide bonds. The molecule has 5 aromatic rings. The molecular formula is C24H14BrFN2. The van der Waals surface area contributed by atoms with E-state index in [4.69, 9.17) is 0 Å². The fourth-order valence-corrected chi connectivity index (χ4v) is 4.16. The van der Waals surface area contributed by atoms with Crippen LogP contribution in [0.25, 0.3) is 38.3 Å². The van der Waals surface area contributed by atoms with E-state index in [0.29, 0.717) is 11.1 Å². The third kappa shape index (κ3) is 2.44. The first kappa shape index (κ1) is 17.0. The molecule has 2 nitrogen and oxygen atoms in total. The molecule has 0 spiro atoms. The molecule has 0 aliphatic rings. The minimum atomic E-state index is -0.233. The van der Waals surface area contributed by atoms with E-state index in [2.05, 4.69) is 40.2 Å². The number of aromatic nitrogens is 1. The molecule has 5 rings (SSSR count). The Bertz CT molecular complexity index is 1440. The standard InChI is InChI=1S/C24H14BrFN2/c1-14-10-21-20-11-15(13-27)2-7-19(20)24-18(16-3-5-17(25)6-4-16)8-9-28(24)23(21)12-22(14)26/h2-12H,1H3. The third-order valence-corrected chi connectivity index (χ3v) is 5.80. The maximum Gasteiger partial charge on any atom is 0.128 e. The molecule has 0 saturated carbocycles. The van der Waals surface area contributed by atoms with E-state index in [1.165, 1.54) is 0 Å². The van der Waals surface area contributed by atoms with E-state index in [1.807, 2.05) is 47.0 Å². The molecule has 2 heterocycles. The van der Waals surface area contributed by atoms with E-state index < -0.39 is 0 Å². The number of halogens is 2. The van der Waals surface area contributed by atoms with Crippen molar-refractivity contribution in [3.8, 4) is 17.2 Å². The Morgan fingerprint density at radius 2 is 1.71 bits per heavy atom. The minimum absolute atomic E-state index is 0.233. The summed E-state index contributed by atoms with van der Waals surface area (Å²) in [5.74, 6) is -0.233. The molecule has 0 bridgehead atoms. The first-order valence-electron chi connectivity index (χ1n) is 8.89. The third-order valence-electron chi connectivity index (χ3n) is 5.27. The number of nitriles is 1. The van der Waals surface area contributed by atoms with Crippen LogP contribution in [0.5, 0.6) is 0 Å². The van der Waals surface area contributed by atoms with Crippen molar-refractivity contribution in [2.75, 3.05) is 0 Å². The Hall–Kier alpha value is -3.16. The highest BCUT2D eigenvalue weighted by atomic mass is 79.9. The molecule has 0 unspecified atom stereocenters. The number of benzene rings is 3. The van der Waals surface area contributed by atoms with Crippen molar-refractivity contribution in [2.45, 2.75) is 6.92 Å². The zero-order chi connectivity index (χ0) is 19.4. The van der Waals surface area contributed by atoms with Crippen LogP contribution in [0.15, 0.2) is 71.3 Å². The zero-order valence-corrected chi connectivity index (χ0v) is 16.6. The van der Waals surface area contributed by atoms with Crippen molar-refractivity contribution < 1.29 is 4.39 Å². The molecule has 0 aliphatic heterocycles. The predicted octanol–water partition coefficient (Wildman–Crippen LogP) is 6.99. The highest BCUT2D eigenvalue weighted by molar-refractivity contribution is 9.10. The number of fused-ring (bicyclic) bond motifs is 6. The van der Waals surface area contributed by atoms with Crippen LogP contribution in [0.1, 0.15) is 11.1 Å². The zero-order valence-electron chi connectivity index (χ0n) is 15.0. The van der Waals surface area contributed by atoms with Gasteiger partial charge in [0.1, 0.15) is 5.82 Å². The Balaban J connectivity index is 2.01. The van der Waals surface area contributed by atoms with Gasteiger partial charge in [-0.15, -0.1) is 0 Å². The quantitative estimate of drug-likeness (QED) is 0.264. The summed E-state index contributed by atoms with van der Waals surface area (Å²) in [6, 6.07) is 21.6. The molecule has 0 aliphatic carbocycles. The second-order valence-corrected chi connectivity index (χ2v) is 7.86. The Morgan fingerprint density at radius 3 is 2.46 bits per heavy atom. The van der Waals surface area contributed by atoms with Crippen LogP contribution >= 0.6 is 15.9 Å². The van der Waals surface area contributed by atoms with Crippen LogP contribution in [0.2, 0.25) is 0 Å². The van der Waals surface area contributed by atoms with E-state index in [9.17, 15) is 9.65 Å². The van der Waals surface area contributed by atoms with Gasteiger partial charge in [0.05, 0.1) is 22.7 Å². The summed E-state index contributed by atoms with van der Waals surface area (Å²) < 4.78 is 17.5. The van der Waals surface area contributed by atoms with Gasteiger partial charge in [0, 0.05) is 27.0 Å². The Kier molecular flexibility index (Phi) is 3.75. The number of rotatable bonds is 1. The van der Waals surface area contributed by atoms with E-state index in [-0.39, 0.29) is 5.82 Å². The number of aryl methyl sites for hydroxylation is 1. The van der Waals surface area contributed by atoms with Crippen LogP contribution in [0.4, 0.5) is 4.39 Å². The molecule has 0 fully saturated rings. The largest absolute Gasteiger partial charge is 0.315 e. The number of pyridine rings is 1. The van der Waals surface area contributed by atoms with Crippen LogP contribution in [-0.4, -0.2) is 4.40 Å². The maximum atomic E-state index is 14.4. The topological polar surface area (TPSA) is 28.2 Å². The SMILES string of the molecule is Cc1cc2c3cc(C#N)ccc3c3c(-c4ccc(Br)cc4)ccn3c2cc1F. The molecule has 28 heavy (non-hydrogen) atoms. The average molecular weight is 429 g/mol. The molecule has 3 aromatic carbocycles. The molecule has 0 atom stereocenters. The highest BCUT2D eigenvalue weighted by Crippen LogP contribution is 2.37. The Labute approximate surface area is 169 Å². The van der Waals surface area contributed by atoms with Gasteiger partial charge in [-0.25, -0.2) is 4.39 Å². The summed E-state index contributed by atoms with van der Waals surface area (Å²) >= 11 is 3.48. The van der Waals surface area contributed by atoms with Crippen molar-refractivity contribution in [1.82, 2.24) is 4.40 Å². The van der Waals surface area contributed by atoms with Gasteiger partial charge >= 0.3 is 0 Å². The van der Waals surface area contributed by atoms with Crippen molar-refractivity contribution in [3.05, 3.63) is 88.3 Å². The second-order valence-electron chi connectivity index (χ2n) is 6.95. The van der Waals surface area contributed by atoms with E-state index in [1.54, 1.807) is 13.0 Å². The van der Waals surface area contributed by atoms with Gasteiger partial charge in [0.2, 0.25) is 0 Å². The molecule has 0 saturated heterocycles. The van der Waals surface area contributed by atoms with Gasteiger partial charge in [0.15, 0.2) is 0 Å². The lowest BCUT2D eigenvalue weighted by Crippen LogP contribution is -1.94. The van der Waals surface area contributed by atoms with Crippen molar-refractivity contribution in [1.29, 1.82) is 5.26 Å². The smallest absolute Gasteiger partial charge is 0.128 e. The van der Waals surface area contributed by atoms with Gasteiger partial charge < -0.3 is 4.40 Å². The first-order chi connectivity index (χ1) is 13.6. The van der Waals surface area contributed by atoms with Gasteiger partial charge in [-0.05, 0) is 65.9 Å². The number of hydrogen-bond donors (Lipinski definition) is 0. The van der Waals surface area contributed by atoms with Gasteiger partial charge in [0.25, 0.3) is 0 Å². The fraction of sp³-hybridized carbons (Fsp3) is 0.0417. The minimum Gasteiger partial charge on any atom is -0.315 e. The normalized spacial score (nSPS) is 11.4. The summed E-state index contributed by atoms with van der Waals surface area (Å²) in [4.78, 5) is 0. The summed E-state index contributed by atoms with van der Waals surface area (Å²) in [6.07, 6.45) is 1.99. The van der Waals surface area contributed by atoms with Crippen LogP contribution in [0, 0.1) is 24.1 Å². The Morgan fingerprint density at radius 1 is 0.929 bits per heavy atom. The second kappa shape index (κ2) is 6.19. The van der Waals surface area contributed by atoms with Gasteiger partial charge in [-0.3, -0.25) is 0 Å². The van der Waals surface area contributed by atoms with Crippen molar-refractivity contribution >= 4 is 43.1 Å². The molecular weight excluding hydrogens is 415 g/mol. The van der Waals surface area contributed by atoms with Crippen LogP contribution in [0.3, 0.4) is 0 Å². The summed E-state index contributed by atoms with van der Waals surface area (Å²) in [6.45, 7) is 1.77. The monoisotopic (exact) mass is 428 g/mol. The summed E-state index contributed by atoms with van der Waals surface area (Å²) in [7, 11) is 0. The molecule has 4 heteroatoms. The fourth-order valence-electron chi connectivity index (χ4n) is 3.90. The summed E-state index contributed by atoms with van der Waals surface area (Å²) in [5, 5.41) is 12.3. The average Bonchev–Trinajstić information content (AvgIpc) is 3.15. The van der Waals surface area contributed by atoms with Crippen LogP contribution < -0.4 is 0 Å². The summed E-state index contributed by atoms with van der Waals surface area (Å²) in [5.41, 5.74) is 5.16. The van der Waals surface area contributed by atoms with Gasteiger partial charge in [-0.2, -0.15) is 5.26 Å². The number of hydrogen-bond acceptors (Lipinski definition) is 1. The molecule has 0 N–H and O–H groups in total. The maximum absolute atomic E-state index is 14.4. The lowest BCUT2D eigenvalue weighted by molar-refractivity contribution is 0.620. The van der Waals surface area contributed by atoms with E-state index >= 15 is 0 Å². The molecule has 0 radical (unpaired) electrons. The lowest BCUT2D eigenvalue weighted by atomic mass is 9.98. The highest BCUT2D eigenvalue weighted by Gasteiger charge is 2.15. The van der Waals surface area contributed by atoms with Crippen LogP contribution in [-0.2, 0) is 0 Å². The number of nitrogens with zero attached hydrogens (tertiary/aromatic N) is 2. The van der Waals surface area contributed by atoms with Crippen molar-refractivity contribution in [3.63, 3.8) is 0 Å². The first-order valence-corrected chi connectivity index (χ1v) is 9.69. The lowest BCUT2D eigenvalue weighted by Gasteiger charge is -2.12. The van der Waals surface area contributed by atoms with Gasteiger partial charge in [-0.1, -0.05) is 34.1 Å².